The number of halogens is 1. The molecule has 0 N–H and O–H groups in total. The number of carbonyl (C=O) groups excluding carboxylic acids is 1. The lowest BCUT2D eigenvalue weighted by atomic mass is 9.93. The Labute approximate surface area is 114 Å². The van der Waals surface area contributed by atoms with Gasteiger partial charge in [0.15, 0.2) is 9.84 Å². The minimum Gasteiger partial charge on any atom is -0.342 e. The van der Waals surface area contributed by atoms with Gasteiger partial charge in [0, 0.05) is 18.5 Å². The molecule has 104 valence electrons. The van der Waals surface area contributed by atoms with E-state index >= 15 is 0 Å². The predicted octanol–water partition coefficient (Wildman–Crippen LogP) is 1.29. The summed E-state index contributed by atoms with van der Waals surface area (Å²) in [5.41, 5.74) is 0. The standard InChI is InChI=1S/C12H20ClNO3S/c1-9(13)10-2-5-14(6-3-10)12(15)11-4-7-18(16,17)8-11/h9-11H,2-8H2,1H3. The second-order valence-corrected chi connectivity index (χ2v) is 8.36. The van der Waals surface area contributed by atoms with Crippen LogP contribution in [0.15, 0.2) is 0 Å². The van der Waals surface area contributed by atoms with Gasteiger partial charge in [-0.25, -0.2) is 8.42 Å². The molecular weight excluding hydrogens is 274 g/mol. The quantitative estimate of drug-likeness (QED) is 0.721. The molecule has 18 heavy (non-hydrogen) atoms. The molecule has 0 bridgehead atoms. The van der Waals surface area contributed by atoms with E-state index in [9.17, 15) is 13.2 Å². The molecule has 0 aromatic rings. The van der Waals surface area contributed by atoms with Gasteiger partial charge >= 0.3 is 0 Å². The van der Waals surface area contributed by atoms with Crippen LogP contribution in [0.2, 0.25) is 0 Å². The zero-order chi connectivity index (χ0) is 13.3. The molecule has 6 heteroatoms. The molecular formula is C12H20ClNO3S. The predicted molar refractivity (Wildman–Crippen MR) is 71.4 cm³/mol. The van der Waals surface area contributed by atoms with E-state index in [1.807, 2.05) is 11.8 Å². The van der Waals surface area contributed by atoms with Gasteiger partial charge in [0.2, 0.25) is 5.91 Å². The highest BCUT2D eigenvalue weighted by atomic mass is 35.5. The Morgan fingerprint density at radius 2 is 1.89 bits per heavy atom. The van der Waals surface area contributed by atoms with Gasteiger partial charge in [-0.05, 0) is 32.1 Å². The van der Waals surface area contributed by atoms with E-state index in [2.05, 4.69) is 0 Å². The Balaban J connectivity index is 1.89. The Bertz CT molecular complexity index is 413. The van der Waals surface area contributed by atoms with Gasteiger partial charge in [-0.1, -0.05) is 0 Å². The largest absolute Gasteiger partial charge is 0.342 e. The monoisotopic (exact) mass is 293 g/mol. The molecule has 2 saturated heterocycles. The van der Waals surface area contributed by atoms with Gasteiger partial charge in [-0.15, -0.1) is 11.6 Å². The van der Waals surface area contributed by atoms with E-state index in [0.29, 0.717) is 12.3 Å². The first-order valence-electron chi connectivity index (χ1n) is 6.52. The summed E-state index contributed by atoms with van der Waals surface area (Å²) in [5, 5.41) is 0.147. The molecule has 0 radical (unpaired) electrons. The van der Waals surface area contributed by atoms with Gasteiger partial charge in [0.25, 0.3) is 0 Å². The van der Waals surface area contributed by atoms with Gasteiger partial charge in [0.1, 0.15) is 0 Å². The summed E-state index contributed by atoms with van der Waals surface area (Å²) in [4.78, 5) is 14.0. The third kappa shape index (κ3) is 3.18. The van der Waals surface area contributed by atoms with Crippen molar-refractivity contribution in [1.82, 2.24) is 4.90 Å². The van der Waals surface area contributed by atoms with Crippen LogP contribution in [0.4, 0.5) is 0 Å². The number of alkyl halides is 1. The van der Waals surface area contributed by atoms with Gasteiger partial charge < -0.3 is 4.90 Å². The second-order valence-electron chi connectivity index (χ2n) is 5.44. The molecule has 2 aliphatic rings. The first-order chi connectivity index (χ1) is 8.39. The number of carbonyl (C=O) groups is 1. The van der Waals surface area contributed by atoms with Gasteiger partial charge in [-0.2, -0.15) is 0 Å². The number of hydrogen-bond donors (Lipinski definition) is 0. The minimum absolute atomic E-state index is 0.0248. The van der Waals surface area contributed by atoms with Crippen molar-refractivity contribution in [3.8, 4) is 0 Å². The first kappa shape index (κ1) is 14.1. The average Bonchev–Trinajstić information content (AvgIpc) is 2.69. The fourth-order valence-electron chi connectivity index (χ4n) is 2.83. The molecule has 1 amide bonds. The molecule has 2 unspecified atom stereocenters. The Hall–Kier alpha value is -0.290. The maximum atomic E-state index is 12.2. The highest BCUT2D eigenvalue weighted by Crippen LogP contribution is 2.27. The van der Waals surface area contributed by atoms with Crippen molar-refractivity contribution in [2.45, 2.75) is 31.6 Å². The number of nitrogens with zero attached hydrogens (tertiary/aromatic N) is 1. The van der Waals surface area contributed by atoms with Crippen LogP contribution in [-0.4, -0.2) is 49.2 Å². The molecule has 2 fully saturated rings. The van der Waals surface area contributed by atoms with Crippen LogP contribution in [0, 0.1) is 11.8 Å². The van der Waals surface area contributed by atoms with Crippen LogP contribution in [0.25, 0.3) is 0 Å². The highest BCUT2D eigenvalue weighted by Gasteiger charge is 2.36. The number of piperidine rings is 1. The topological polar surface area (TPSA) is 54.5 Å². The molecule has 0 aromatic heterocycles. The van der Waals surface area contributed by atoms with Crippen LogP contribution < -0.4 is 0 Å². The van der Waals surface area contributed by atoms with Crippen molar-refractivity contribution < 1.29 is 13.2 Å². The summed E-state index contributed by atoms with van der Waals surface area (Å²) in [5.74, 6) is 0.399. The zero-order valence-corrected chi connectivity index (χ0v) is 12.2. The maximum Gasteiger partial charge on any atom is 0.226 e. The molecule has 4 nitrogen and oxygen atoms in total. The molecule has 2 heterocycles. The number of likely N-dealkylation sites (tertiary alicyclic amines) is 1. The van der Waals surface area contributed by atoms with Crippen molar-refractivity contribution >= 4 is 27.3 Å². The van der Waals surface area contributed by atoms with Crippen LogP contribution >= 0.6 is 11.6 Å². The third-order valence-electron chi connectivity index (χ3n) is 4.08. The molecule has 2 atom stereocenters. The highest BCUT2D eigenvalue weighted by molar-refractivity contribution is 7.91. The smallest absolute Gasteiger partial charge is 0.226 e. The van der Waals surface area contributed by atoms with Gasteiger partial charge in [0.05, 0.1) is 17.4 Å². The molecule has 0 aromatic carbocycles. The lowest BCUT2D eigenvalue weighted by Crippen LogP contribution is -2.43. The summed E-state index contributed by atoms with van der Waals surface area (Å²) in [6.07, 6.45) is 2.35. The average molecular weight is 294 g/mol. The third-order valence-corrected chi connectivity index (χ3v) is 6.21. The maximum absolute atomic E-state index is 12.2. The van der Waals surface area contributed by atoms with Gasteiger partial charge in [-0.3, -0.25) is 4.79 Å². The minimum atomic E-state index is -2.97. The summed E-state index contributed by atoms with van der Waals surface area (Å²) < 4.78 is 22.8. The van der Waals surface area contributed by atoms with Crippen LogP contribution in [0.5, 0.6) is 0 Å². The van der Waals surface area contributed by atoms with E-state index in [0.717, 1.165) is 25.9 Å². The van der Waals surface area contributed by atoms with E-state index in [1.165, 1.54) is 0 Å². The van der Waals surface area contributed by atoms with Crippen LogP contribution in [0.1, 0.15) is 26.2 Å². The fraction of sp³-hybridized carbons (Fsp3) is 0.917. The van der Waals surface area contributed by atoms with E-state index in [4.69, 9.17) is 11.6 Å². The molecule has 0 saturated carbocycles. The van der Waals surface area contributed by atoms with E-state index < -0.39 is 9.84 Å². The summed E-state index contributed by atoms with van der Waals surface area (Å²) >= 11 is 6.07. The zero-order valence-electron chi connectivity index (χ0n) is 10.6. The Kier molecular flexibility index (Phi) is 4.22. The molecule has 0 spiro atoms. The Morgan fingerprint density at radius 1 is 1.28 bits per heavy atom. The lowest BCUT2D eigenvalue weighted by molar-refractivity contribution is -0.136. The number of hydrogen-bond acceptors (Lipinski definition) is 3. The normalized spacial score (nSPS) is 30.3. The van der Waals surface area contributed by atoms with Crippen molar-refractivity contribution in [2.24, 2.45) is 11.8 Å². The second kappa shape index (κ2) is 5.37. The number of sulfone groups is 1. The van der Waals surface area contributed by atoms with Crippen molar-refractivity contribution in [1.29, 1.82) is 0 Å². The van der Waals surface area contributed by atoms with Crippen molar-refractivity contribution in [3.05, 3.63) is 0 Å². The number of rotatable bonds is 2. The van der Waals surface area contributed by atoms with Crippen LogP contribution in [0.3, 0.4) is 0 Å². The SMILES string of the molecule is CC(Cl)C1CCN(C(=O)C2CCS(=O)(=O)C2)CC1. The fourth-order valence-corrected chi connectivity index (χ4v) is 4.81. The van der Waals surface area contributed by atoms with Crippen molar-refractivity contribution in [2.75, 3.05) is 24.6 Å². The molecule has 2 rings (SSSR count). The molecule has 0 aliphatic carbocycles. The summed E-state index contributed by atoms with van der Waals surface area (Å²) in [6, 6.07) is 0. The van der Waals surface area contributed by atoms with E-state index in [-0.39, 0.29) is 28.7 Å². The lowest BCUT2D eigenvalue weighted by Gasteiger charge is -2.34. The summed E-state index contributed by atoms with van der Waals surface area (Å²) in [7, 11) is -2.97. The van der Waals surface area contributed by atoms with Crippen molar-refractivity contribution in [3.63, 3.8) is 0 Å². The van der Waals surface area contributed by atoms with E-state index in [1.54, 1.807) is 0 Å². The first-order valence-corrected chi connectivity index (χ1v) is 8.78. The van der Waals surface area contributed by atoms with Crippen LogP contribution in [-0.2, 0) is 14.6 Å². The summed E-state index contributed by atoms with van der Waals surface area (Å²) in [6.45, 7) is 3.43. The Morgan fingerprint density at radius 3 is 2.33 bits per heavy atom. The number of amides is 1. The molecule has 2 aliphatic heterocycles.